The number of thioether (sulfide) groups is 1. The average Bonchev–Trinajstić information content (AvgIpc) is 3.14. The molecular formula is C26H22N4O7S. The minimum absolute atomic E-state index is 0.134. The third-order valence-corrected chi connectivity index (χ3v) is 6.13. The van der Waals surface area contributed by atoms with Crippen molar-refractivity contribution in [3.63, 3.8) is 0 Å². The van der Waals surface area contributed by atoms with E-state index in [0.717, 1.165) is 28.4 Å². The Morgan fingerprint density at radius 3 is 2.55 bits per heavy atom. The van der Waals surface area contributed by atoms with E-state index in [2.05, 4.69) is 10.3 Å². The number of imide groups is 1. The topological polar surface area (TPSA) is 141 Å². The van der Waals surface area contributed by atoms with Crippen LogP contribution in [-0.2, 0) is 9.59 Å². The molecule has 194 valence electrons. The molecule has 0 radical (unpaired) electrons. The molecule has 1 N–H and O–H groups in total. The van der Waals surface area contributed by atoms with Gasteiger partial charge in [0.05, 0.1) is 16.4 Å². The van der Waals surface area contributed by atoms with Crippen molar-refractivity contribution in [1.29, 1.82) is 0 Å². The Bertz CT molecular complexity index is 1420. The molecule has 0 aliphatic carbocycles. The van der Waals surface area contributed by atoms with E-state index in [1.165, 1.54) is 18.2 Å². The molecule has 0 unspecified atom stereocenters. The lowest BCUT2D eigenvalue weighted by molar-refractivity contribution is -0.385. The average molecular weight is 535 g/mol. The Morgan fingerprint density at radius 2 is 1.89 bits per heavy atom. The molecule has 3 amide bonds. The molecule has 2 aromatic carbocycles. The lowest BCUT2D eigenvalue weighted by Crippen LogP contribution is -2.36. The molecule has 2 heterocycles. The number of anilines is 1. The number of nitrogens with one attached hydrogen (secondary N) is 1. The number of nitro groups is 1. The van der Waals surface area contributed by atoms with Crippen LogP contribution in [0.15, 0.2) is 65.7 Å². The van der Waals surface area contributed by atoms with Gasteiger partial charge in [-0.2, -0.15) is 0 Å². The monoisotopic (exact) mass is 534 g/mol. The van der Waals surface area contributed by atoms with Gasteiger partial charge >= 0.3 is 0 Å². The maximum atomic E-state index is 12.9. The number of amides is 3. The van der Waals surface area contributed by atoms with E-state index in [4.69, 9.17) is 9.47 Å². The molecule has 1 aliphatic heterocycles. The predicted molar refractivity (Wildman–Crippen MR) is 141 cm³/mol. The number of carbonyl (C=O) groups excluding carboxylic acids is 3. The van der Waals surface area contributed by atoms with Crippen LogP contribution in [0.4, 0.5) is 16.2 Å². The number of aromatic nitrogens is 1. The van der Waals surface area contributed by atoms with Gasteiger partial charge in [-0.3, -0.25) is 29.4 Å². The molecule has 1 saturated heterocycles. The Kier molecular flexibility index (Phi) is 8.02. The molecule has 0 spiro atoms. The third-order valence-electron chi connectivity index (χ3n) is 5.22. The number of hydrogen-bond donors (Lipinski definition) is 1. The van der Waals surface area contributed by atoms with Crippen LogP contribution in [0.1, 0.15) is 18.1 Å². The van der Waals surface area contributed by atoms with Gasteiger partial charge in [-0.05, 0) is 61.5 Å². The summed E-state index contributed by atoms with van der Waals surface area (Å²) in [4.78, 5) is 53.0. The first-order valence-corrected chi connectivity index (χ1v) is 12.2. The van der Waals surface area contributed by atoms with Gasteiger partial charge in [-0.1, -0.05) is 23.8 Å². The molecule has 1 aromatic heterocycles. The molecule has 0 bridgehead atoms. The molecule has 0 atom stereocenters. The van der Waals surface area contributed by atoms with Gasteiger partial charge in [0.25, 0.3) is 16.8 Å². The van der Waals surface area contributed by atoms with Crippen molar-refractivity contribution in [3.8, 4) is 17.4 Å². The second-order valence-corrected chi connectivity index (χ2v) is 9.03. The van der Waals surface area contributed by atoms with Crippen LogP contribution < -0.4 is 14.8 Å². The summed E-state index contributed by atoms with van der Waals surface area (Å²) in [7, 11) is 0. The number of aryl methyl sites for hydroxylation is 1. The van der Waals surface area contributed by atoms with Crippen LogP contribution in [0, 0.1) is 17.0 Å². The number of nitrogens with zero attached hydrogens (tertiary/aromatic N) is 3. The molecule has 12 heteroatoms. The van der Waals surface area contributed by atoms with Gasteiger partial charge in [0.2, 0.25) is 11.8 Å². The maximum Gasteiger partial charge on any atom is 0.294 e. The quantitative estimate of drug-likeness (QED) is 0.224. The van der Waals surface area contributed by atoms with Gasteiger partial charge in [0.1, 0.15) is 12.7 Å². The van der Waals surface area contributed by atoms with Gasteiger partial charge < -0.3 is 14.8 Å². The molecule has 1 aliphatic rings. The first kappa shape index (κ1) is 26.4. The predicted octanol–water partition coefficient (Wildman–Crippen LogP) is 5.16. The second kappa shape index (κ2) is 11.6. The molecule has 3 aromatic rings. The highest BCUT2D eigenvalue weighted by atomic mass is 32.2. The van der Waals surface area contributed by atoms with Crippen molar-refractivity contribution in [2.75, 3.05) is 18.5 Å². The summed E-state index contributed by atoms with van der Waals surface area (Å²) >= 11 is 0.738. The van der Waals surface area contributed by atoms with Crippen molar-refractivity contribution in [2.45, 2.75) is 13.8 Å². The Labute approximate surface area is 221 Å². The normalized spacial score (nSPS) is 14.1. The highest BCUT2D eigenvalue weighted by molar-refractivity contribution is 8.18. The van der Waals surface area contributed by atoms with Crippen LogP contribution in [0.2, 0.25) is 0 Å². The smallest absolute Gasteiger partial charge is 0.294 e. The maximum absolute atomic E-state index is 12.9. The Morgan fingerprint density at radius 1 is 1.13 bits per heavy atom. The summed E-state index contributed by atoms with van der Waals surface area (Å²) in [6.45, 7) is 3.62. The summed E-state index contributed by atoms with van der Waals surface area (Å²) in [6, 6.07) is 14.7. The number of carbonyl (C=O) groups is 3. The molecule has 4 rings (SSSR count). The Balaban J connectivity index is 1.47. The minimum atomic E-state index is -0.576. The van der Waals surface area contributed by atoms with Gasteiger partial charge in [-0.25, -0.2) is 4.98 Å². The van der Waals surface area contributed by atoms with Crippen LogP contribution in [0.5, 0.6) is 17.4 Å². The fourth-order valence-electron chi connectivity index (χ4n) is 3.39. The van der Waals surface area contributed by atoms with Gasteiger partial charge in [-0.15, -0.1) is 0 Å². The highest BCUT2D eigenvalue weighted by Crippen LogP contribution is 2.36. The fourth-order valence-corrected chi connectivity index (χ4v) is 4.23. The highest BCUT2D eigenvalue weighted by Gasteiger charge is 2.36. The summed E-state index contributed by atoms with van der Waals surface area (Å²) in [5, 5.41) is 12.9. The third kappa shape index (κ3) is 6.34. The number of hydrogen-bond acceptors (Lipinski definition) is 9. The largest absolute Gasteiger partial charge is 0.490 e. The molecule has 38 heavy (non-hydrogen) atoms. The first-order valence-electron chi connectivity index (χ1n) is 11.4. The fraction of sp³-hybridized carbons (Fsp3) is 0.154. The van der Waals surface area contributed by atoms with Crippen molar-refractivity contribution < 1.29 is 28.8 Å². The SMILES string of the molecule is CCOc1cc(/C=C2\SC(=O)N(CC(=O)Nc3ccc(C)cc3)C2=O)ccc1Oc1ccc([N+](=O)[O-])cn1. The van der Waals surface area contributed by atoms with Gasteiger partial charge in [0.15, 0.2) is 11.5 Å². The number of pyridine rings is 1. The van der Waals surface area contributed by atoms with E-state index in [1.54, 1.807) is 37.3 Å². The summed E-state index contributed by atoms with van der Waals surface area (Å²) in [6.07, 6.45) is 2.61. The van der Waals surface area contributed by atoms with E-state index >= 15 is 0 Å². The van der Waals surface area contributed by atoms with Crippen molar-refractivity contribution in [3.05, 3.63) is 86.9 Å². The molecular weight excluding hydrogens is 512 g/mol. The van der Waals surface area contributed by atoms with E-state index in [-0.39, 0.29) is 16.5 Å². The first-order chi connectivity index (χ1) is 18.2. The summed E-state index contributed by atoms with van der Waals surface area (Å²) in [5.41, 5.74) is 2.00. The zero-order chi connectivity index (χ0) is 27.2. The lowest BCUT2D eigenvalue weighted by Gasteiger charge is -2.13. The number of benzene rings is 2. The van der Waals surface area contributed by atoms with Crippen molar-refractivity contribution >= 4 is 46.3 Å². The standard InChI is InChI=1S/C26H22N4O7S/c1-3-36-21-12-17(6-10-20(21)37-24-11-9-19(14-27-24)30(34)35)13-22-25(32)29(26(33)38-22)15-23(31)28-18-7-4-16(2)5-8-18/h4-14H,3,15H2,1-2H3,(H,28,31)/b22-13-. The van der Waals surface area contributed by atoms with Crippen molar-refractivity contribution in [2.24, 2.45) is 0 Å². The molecule has 1 fully saturated rings. The van der Waals surface area contributed by atoms with E-state index in [0.29, 0.717) is 29.4 Å². The Hall–Kier alpha value is -4.71. The molecule has 11 nitrogen and oxygen atoms in total. The lowest BCUT2D eigenvalue weighted by atomic mass is 10.2. The van der Waals surface area contributed by atoms with Crippen LogP contribution in [0.25, 0.3) is 6.08 Å². The van der Waals surface area contributed by atoms with Crippen LogP contribution in [-0.4, -0.2) is 45.0 Å². The van der Waals surface area contributed by atoms with Crippen LogP contribution >= 0.6 is 11.8 Å². The minimum Gasteiger partial charge on any atom is -0.490 e. The summed E-state index contributed by atoms with van der Waals surface area (Å²) in [5.74, 6) is -0.275. The number of rotatable bonds is 9. The van der Waals surface area contributed by atoms with Crippen LogP contribution in [0.3, 0.4) is 0 Å². The zero-order valence-electron chi connectivity index (χ0n) is 20.4. The van der Waals surface area contributed by atoms with Crippen molar-refractivity contribution in [1.82, 2.24) is 9.88 Å². The zero-order valence-corrected chi connectivity index (χ0v) is 21.2. The second-order valence-electron chi connectivity index (χ2n) is 8.04. The molecule has 0 saturated carbocycles. The summed E-state index contributed by atoms with van der Waals surface area (Å²) < 4.78 is 11.4. The van der Waals surface area contributed by atoms with Gasteiger partial charge in [0, 0.05) is 17.8 Å². The number of ether oxygens (including phenoxy) is 2. The van der Waals surface area contributed by atoms with E-state index in [9.17, 15) is 24.5 Å². The van der Waals surface area contributed by atoms with E-state index < -0.39 is 28.5 Å². The van der Waals surface area contributed by atoms with E-state index in [1.807, 2.05) is 19.1 Å².